The Kier molecular flexibility index (Phi) is 3.36. The molecule has 0 aliphatic carbocycles. The number of nitrogens with zero attached hydrogens (tertiary/aromatic N) is 1. The van der Waals surface area contributed by atoms with Crippen LogP contribution in [0.5, 0.6) is 0 Å². The molecule has 0 aromatic heterocycles. The van der Waals surface area contributed by atoms with Crippen LogP contribution in [0.3, 0.4) is 0 Å². The highest BCUT2D eigenvalue weighted by molar-refractivity contribution is 5.98. The van der Waals surface area contributed by atoms with Gasteiger partial charge in [0.05, 0.1) is 11.4 Å². The van der Waals surface area contributed by atoms with Gasteiger partial charge in [-0.05, 0) is 30.4 Å². The first-order valence-electron chi connectivity index (χ1n) is 6.27. The Balaban J connectivity index is 2.13. The second kappa shape index (κ2) is 4.78. The Morgan fingerprint density at radius 3 is 2.94 bits per heavy atom. The van der Waals surface area contributed by atoms with Gasteiger partial charge in [0.2, 0.25) is 5.91 Å². The van der Waals surface area contributed by atoms with E-state index in [1.807, 2.05) is 17.0 Å². The smallest absolute Gasteiger partial charge is 0.227 e. The van der Waals surface area contributed by atoms with E-state index in [1.54, 1.807) is 0 Å². The van der Waals surface area contributed by atoms with E-state index in [2.05, 4.69) is 19.9 Å². The highest BCUT2D eigenvalue weighted by Crippen LogP contribution is 2.34. The van der Waals surface area contributed by atoms with Gasteiger partial charge in [0.15, 0.2) is 0 Å². The summed E-state index contributed by atoms with van der Waals surface area (Å²) >= 11 is 0. The molecule has 92 valence electrons. The number of hydrogen-bond acceptors (Lipinski definition) is 2. The van der Waals surface area contributed by atoms with Crippen molar-refractivity contribution in [3.8, 4) is 0 Å². The lowest BCUT2D eigenvalue weighted by Crippen LogP contribution is -2.29. The molecule has 1 amide bonds. The van der Waals surface area contributed by atoms with Gasteiger partial charge >= 0.3 is 0 Å². The number of rotatable bonds is 3. The number of amides is 1. The molecule has 1 aromatic carbocycles. The summed E-state index contributed by atoms with van der Waals surface area (Å²) in [7, 11) is 0. The summed E-state index contributed by atoms with van der Waals surface area (Å²) in [5.74, 6) is 0.768. The van der Waals surface area contributed by atoms with Gasteiger partial charge in [-0.3, -0.25) is 4.79 Å². The van der Waals surface area contributed by atoms with Gasteiger partial charge in [0, 0.05) is 13.0 Å². The van der Waals surface area contributed by atoms with Crippen molar-refractivity contribution >= 4 is 17.3 Å². The van der Waals surface area contributed by atoms with Crippen LogP contribution in [0.4, 0.5) is 11.4 Å². The summed E-state index contributed by atoms with van der Waals surface area (Å²) in [5, 5.41) is 0. The molecule has 3 nitrogen and oxygen atoms in total. The number of carbonyl (C=O) groups excluding carboxylic acids is 1. The van der Waals surface area contributed by atoms with Gasteiger partial charge in [-0.25, -0.2) is 0 Å². The van der Waals surface area contributed by atoms with Crippen molar-refractivity contribution in [3.63, 3.8) is 0 Å². The van der Waals surface area contributed by atoms with Crippen molar-refractivity contribution in [1.82, 2.24) is 0 Å². The molecule has 0 saturated carbocycles. The summed E-state index contributed by atoms with van der Waals surface area (Å²) in [4.78, 5) is 14.0. The van der Waals surface area contributed by atoms with Crippen LogP contribution in [0.25, 0.3) is 0 Å². The van der Waals surface area contributed by atoms with Crippen LogP contribution in [-0.2, 0) is 11.2 Å². The quantitative estimate of drug-likeness (QED) is 0.814. The minimum atomic E-state index is 0.204. The molecule has 1 aliphatic rings. The molecule has 0 radical (unpaired) electrons. The number of hydrogen-bond donors (Lipinski definition) is 1. The normalized spacial score (nSPS) is 14.2. The topological polar surface area (TPSA) is 46.3 Å². The Morgan fingerprint density at radius 1 is 1.47 bits per heavy atom. The number of carbonyl (C=O) groups is 1. The predicted molar refractivity (Wildman–Crippen MR) is 71.0 cm³/mol. The molecular formula is C14H20N2O. The fraction of sp³-hybridized carbons (Fsp3) is 0.500. The molecule has 0 unspecified atom stereocenters. The van der Waals surface area contributed by atoms with E-state index in [-0.39, 0.29) is 5.91 Å². The average Bonchev–Trinajstić information content (AvgIpc) is 2.71. The van der Waals surface area contributed by atoms with Crippen molar-refractivity contribution in [2.45, 2.75) is 33.1 Å². The van der Waals surface area contributed by atoms with Crippen molar-refractivity contribution in [3.05, 3.63) is 23.8 Å². The zero-order valence-corrected chi connectivity index (χ0v) is 10.6. The molecule has 0 fully saturated rings. The maximum absolute atomic E-state index is 12.1. The van der Waals surface area contributed by atoms with Crippen molar-refractivity contribution < 1.29 is 4.79 Å². The lowest BCUT2D eigenvalue weighted by Gasteiger charge is -2.19. The minimum absolute atomic E-state index is 0.204. The van der Waals surface area contributed by atoms with E-state index in [0.717, 1.165) is 30.8 Å². The molecule has 0 bridgehead atoms. The van der Waals surface area contributed by atoms with Gasteiger partial charge < -0.3 is 10.6 Å². The largest absolute Gasteiger partial charge is 0.397 e. The Hall–Kier alpha value is -1.51. The molecule has 1 heterocycles. The molecule has 2 rings (SSSR count). The van der Waals surface area contributed by atoms with E-state index in [1.165, 1.54) is 5.56 Å². The van der Waals surface area contributed by atoms with Crippen LogP contribution in [0.15, 0.2) is 18.2 Å². The SMILES string of the molecule is CC(C)CCC(=O)N1CCc2cccc(N)c21. The molecule has 0 spiro atoms. The maximum Gasteiger partial charge on any atom is 0.227 e. The Labute approximate surface area is 103 Å². The van der Waals surface area contributed by atoms with Gasteiger partial charge in [-0.15, -0.1) is 0 Å². The number of nitrogen functional groups attached to an aromatic ring is 1. The highest BCUT2D eigenvalue weighted by atomic mass is 16.2. The Morgan fingerprint density at radius 2 is 2.24 bits per heavy atom. The molecule has 17 heavy (non-hydrogen) atoms. The van der Waals surface area contributed by atoms with E-state index in [0.29, 0.717) is 12.3 Å². The first kappa shape index (κ1) is 12.0. The minimum Gasteiger partial charge on any atom is -0.397 e. The van der Waals surface area contributed by atoms with Gasteiger partial charge in [-0.1, -0.05) is 26.0 Å². The predicted octanol–water partition coefficient (Wildman–Crippen LogP) is 2.59. The van der Waals surface area contributed by atoms with E-state index >= 15 is 0 Å². The molecule has 1 aromatic rings. The lowest BCUT2D eigenvalue weighted by atomic mass is 10.1. The molecule has 1 aliphatic heterocycles. The van der Waals surface area contributed by atoms with Crippen LogP contribution < -0.4 is 10.6 Å². The summed E-state index contributed by atoms with van der Waals surface area (Å²) in [5.41, 5.74) is 8.83. The number of fused-ring (bicyclic) bond motifs is 1. The van der Waals surface area contributed by atoms with E-state index in [4.69, 9.17) is 5.73 Å². The standard InChI is InChI=1S/C14H20N2O/c1-10(2)6-7-13(17)16-9-8-11-4-3-5-12(15)14(11)16/h3-5,10H,6-9,15H2,1-2H3. The van der Waals surface area contributed by atoms with Gasteiger partial charge in [0.1, 0.15) is 0 Å². The summed E-state index contributed by atoms with van der Waals surface area (Å²) < 4.78 is 0. The highest BCUT2D eigenvalue weighted by Gasteiger charge is 2.25. The number of nitrogens with two attached hydrogens (primary N) is 1. The average molecular weight is 232 g/mol. The molecule has 0 atom stereocenters. The summed E-state index contributed by atoms with van der Waals surface area (Å²) in [6.07, 6.45) is 2.48. The Bertz CT molecular complexity index is 426. The van der Waals surface area contributed by atoms with Crippen molar-refractivity contribution in [2.75, 3.05) is 17.2 Å². The van der Waals surface area contributed by atoms with Crippen LogP contribution in [0.2, 0.25) is 0 Å². The maximum atomic E-state index is 12.1. The number of para-hydroxylation sites is 1. The molecule has 0 saturated heterocycles. The number of benzene rings is 1. The van der Waals surface area contributed by atoms with Crippen molar-refractivity contribution in [1.29, 1.82) is 0 Å². The molecular weight excluding hydrogens is 212 g/mol. The van der Waals surface area contributed by atoms with Crippen LogP contribution >= 0.6 is 0 Å². The fourth-order valence-corrected chi connectivity index (χ4v) is 2.28. The lowest BCUT2D eigenvalue weighted by molar-refractivity contribution is -0.118. The van der Waals surface area contributed by atoms with Crippen LogP contribution in [-0.4, -0.2) is 12.5 Å². The van der Waals surface area contributed by atoms with Gasteiger partial charge in [-0.2, -0.15) is 0 Å². The second-order valence-electron chi connectivity index (χ2n) is 5.08. The second-order valence-corrected chi connectivity index (χ2v) is 5.08. The van der Waals surface area contributed by atoms with Gasteiger partial charge in [0.25, 0.3) is 0 Å². The number of anilines is 2. The third-order valence-electron chi connectivity index (χ3n) is 3.26. The zero-order valence-electron chi connectivity index (χ0n) is 10.6. The van der Waals surface area contributed by atoms with E-state index in [9.17, 15) is 4.79 Å². The fourth-order valence-electron chi connectivity index (χ4n) is 2.28. The van der Waals surface area contributed by atoms with Crippen molar-refractivity contribution in [2.24, 2.45) is 5.92 Å². The monoisotopic (exact) mass is 232 g/mol. The third-order valence-corrected chi connectivity index (χ3v) is 3.26. The van der Waals surface area contributed by atoms with Crippen LogP contribution in [0, 0.1) is 5.92 Å². The van der Waals surface area contributed by atoms with E-state index < -0.39 is 0 Å². The molecule has 2 N–H and O–H groups in total. The third kappa shape index (κ3) is 2.43. The summed E-state index contributed by atoms with van der Waals surface area (Å²) in [6, 6.07) is 5.88. The first-order valence-corrected chi connectivity index (χ1v) is 6.27. The zero-order chi connectivity index (χ0) is 12.4. The molecule has 3 heteroatoms. The summed E-state index contributed by atoms with van der Waals surface area (Å²) in [6.45, 7) is 5.06. The van der Waals surface area contributed by atoms with Crippen LogP contribution in [0.1, 0.15) is 32.3 Å². The first-order chi connectivity index (χ1) is 8.09.